The summed E-state index contributed by atoms with van der Waals surface area (Å²) in [4.78, 5) is 38.3. The fourth-order valence-corrected chi connectivity index (χ4v) is 5.10. The van der Waals surface area contributed by atoms with Crippen molar-refractivity contribution >= 4 is 18.0 Å². The minimum atomic E-state index is -0.888. The lowest BCUT2D eigenvalue weighted by Crippen LogP contribution is -2.51. The Morgan fingerprint density at radius 3 is 2.29 bits per heavy atom. The molecule has 2 aromatic rings. The summed E-state index contributed by atoms with van der Waals surface area (Å²) < 4.78 is 10.9. The van der Waals surface area contributed by atoms with Gasteiger partial charge in [-0.05, 0) is 42.0 Å². The summed E-state index contributed by atoms with van der Waals surface area (Å²) in [5.41, 5.74) is 4.61. The molecule has 3 atom stereocenters. The van der Waals surface area contributed by atoms with Crippen LogP contribution in [0.4, 0.5) is 4.79 Å². The van der Waals surface area contributed by atoms with E-state index in [1.807, 2.05) is 31.2 Å². The van der Waals surface area contributed by atoms with Gasteiger partial charge in [-0.3, -0.25) is 9.59 Å². The number of carboxylic acids is 1. The van der Waals surface area contributed by atoms with Crippen LogP contribution in [0, 0.1) is 5.92 Å². The van der Waals surface area contributed by atoms with Crippen molar-refractivity contribution in [3.63, 3.8) is 0 Å². The first-order valence-corrected chi connectivity index (χ1v) is 12.1. The van der Waals surface area contributed by atoms with E-state index in [9.17, 15) is 19.5 Å². The topological polar surface area (TPSA) is 105 Å². The number of likely N-dealkylation sites (tertiary alicyclic amines) is 1. The van der Waals surface area contributed by atoms with Crippen LogP contribution in [0.2, 0.25) is 0 Å². The third kappa shape index (κ3) is 5.32. The van der Waals surface area contributed by atoms with Crippen LogP contribution in [0.1, 0.15) is 43.2 Å². The van der Waals surface area contributed by atoms with Gasteiger partial charge in [-0.1, -0.05) is 48.5 Å². The predicted molar refractivity (Wildman–Crippen MR) is 130 cm³/mol. The third-order valence-corrected chi connectivity index (χ3v) is 7.09. The minimum Gasteiger partial charge on any atom is -0.481 e. The fourth-order valence-electron chi connectivity index (χ4n) is 5.10. The number of aliphatic carboxylic acids is 1. The van der Waals surface area contributed by atoms with Crippen molar-refractivity contribution < 1.29 is 29.0 Å². The molecule has 3 unspecified atom stereocenters. The van der Waals surface area contributed by atoms with Crippen molar-refractivity contribution in [1.29, 1.82) is 0 Å². The summed E-state index contributed by atoms with van der Waals surface area (Å²) in [6.45, 7) is 2.51. The molecule has 4 rings (SSSR count). The van der Waals surface area contributed by atoms with E-state index in [2.05, 4.69) is 29.6 Å². The Morgan fingerprint density at radius 1 is 1.06 bits per heavy atom. The number of amides is 2. The molecule has 1 heterocycles. The maximum Gasteiger partial charge on any atom is 0.407 e. The summed E-state index contributed by atoms with van der Waals surface area (Å²) in [6.07, 6.45) is 0.143. The number of nitrogens with zero attached hydrogens (tertiary/aromatic N) is 1. The summed E-state index contributed by atoms with van der Waals surface area (Å²) >= 11 is 0. The summed E-state index contributed by atoms with van der Waals surface area (Å²) in [7, 11) is 1.44. The molecule has 2 aromatic carbocycles. The second kappa shape index (κ2) is 10.9. The molecule has 0 aromatic heterocycles. The van der Waals surface area contributed by atoms with Crippen molar-refractivity contribution in [2.45, 2.75) is 44.2 Å². The van der Waals surface area contributed by atoms with Crippen LogP contribution >= 0.6 is 0 Å². The molecule has 186 valence electrons. The molecule has 1 saturated heterocycles. The number of hydrogen-bond donors (Lipinski definition) is 2. The number of rotatable bonds is 8. The van der Waals surface area contributed by atoms with E-state index in [4.69, 9.17) is 9.47 Å². The van der Waals surface area contributed by atoms with Crippen LogP contribution in [0.25, 0.3) is 11.1 Å². The van der Waals surface area contributed by atoms with E-state index in [0.29, 0.717) is 12.8 Å². The first-order chi connectivity index (χ1) is 16.9. The predicted octanol–water partition coefficient (Wildman–Crippen LogP) is 3.64. The lowest BCUT2D eigenvalue weighted by molar-refractivity contribution is -0.152. The number of hydrogen-bond acceptors (Lipinski definition) is 5. The number of piperidine rings is 1. The molecule has 0 radical (unpaired) electrons. The monoisotopic (exact) mass is 480 g/mol. The zero-order valence-corrected chi connectivity index (χ0v) is 20.1. The maximum absolute atomic E-state index is 13.0. The SMILES string of the molecule is COC(CCNC(=O)OCC1c2ccccc2-c2ccccc21)C(=O)N1CC(C(=O)O)CCC1C. The lowest BCUT2D eigenvalue weighted by Gasteiger charge is -2.38. The highest BCUT2D eigenvalue weighted by Gasteiger charge is 2.35. The number of alkyl carbamates (subject to hydrolysis) is 1. The lowest BCUT2D eigenvalue weighted by atomic mass is 9.93. The number of methoxy groups -OCH3 is 1. The summed E-state index contributed by atoms with van der Waals surface area (Å²) in [5.74, 6) is -1.73. The van der Waals surface area contributed by atoms with E-state index in [-0.39, 0.29) is 44.0 Å². The second-order valence-corrected chi connectivity index (χ2v) is 9.22. The molecule has 0 saturated carbocycles. The van der Waals surface area contributed by atoms with Gasteiger partial charge in [-0.2, -0.15) is 0 Å². The molecule has 2 aliphatic rings. The highest BCUT2D eigenvalue weighted by molar-refractivity contribution is 5.82. The van der Waals surface area contributed by atoms with Crippen LogP contribution < -0.4 is 5.32 Å². The smallest absolute Gasteiger partial charge is 0.407 e. The Kier molecular flexibility index (Phi) is 7.70. The number of ether oxygens (including phenoxy) is 2. The highest BCUT2D eigenvalue weighted by Crippen LogP contribution is 2.44. The van der Waals surface area contributed by atoms with Crippen LogP contribution in [0.5, 0.6) is 0 Å². The third-order valence-electron chi connectivity index (χ3n) is 7.09. The van der Waals surface area contributed by atoms with Crippen LogP contribution in [0.15, 0.2) is 48.5 Å². The number of fused-ring (bicyclic) bond motifs is 3. The molecular formula is C27H32N2O6. The molecule has 1 aliphatic carbocycles. The number of benzene rings is 2. The molecule has 35 heavy (non-hydrogen) atoms. The van der Waals surface area contributed by atoms with Gasteiger partial charge in [0, 0.05) is 38.6 Å². The zero-order valence-electron chi connectivity index (χ0n) is 20.1. The van der Waals surface area contributed by atoms with Gasteiger partial charge >= 0.3 is 12.1 Å². The average Bonchev–Trinajstić information content (AvgIpc) is 3.19. The van der Waals surface area contributed by atoms with Gasteiger partial charge in [0.1, 0.15) is 12.7 Å². The zero-order chi connectivity index (χ0) is 24.9. The highest BCUT2D eigenvalue weighted by atomic mass is 16.5. The molecule has 2 N–H and O–H groups in total. The van der Waals surface area contributed by atoms with Gasteiger partial charge in [-0.25, -0.2) is 4.79 Å². The first kappa shape index (κ1) is 24.7. The fraction of sp³-hybridized carbons (Fsp3) is 0.444. The molecule has 8 heteroatoms. The standard InChI is InChI=1S/C27H32N2O6/c1-17-11-12-18(26(31)32)15-29(17)25(30)24(34-2)13-14-28-27(33)35-16-23-21-9-5-3-7-19(21)20-8-4-6-10-22(20)23/h3-10,17-18,23-24H,11-16H2,1-2H3,(H,28,33)(H,31,32). The van der Waals surface area contributed by atoms with E-state index in [0.717, 1.165) is 22.3 Å². The molecular weight excluding hydrogens is 448 g/mol. The first-order valence-electron chi connectivity index (χ1n) is 12.1. The van der Waals surface area contributed by atoms with Gasteiger partial charge < -0.3 is 24.8 Å². The normalized spacial score (nSPS) is 20.0. The van der Waals surface area contributed by atoms with Gasteiger partial charge in [0.15, 0.2) is 0 Å². The summed E-state index contributed by atoms with van der Waals surface area (Å²) in [6, 6.07) is 16.2. The van der Waals surface area contributed by atoms with E-state index >= 15 is 0 Å². The van der Waals surface area contributed by atoms with E-state index in [1.54, 1.807) is 4.90 Å². The van der Waals surface area contributed by atoms with Crippen LogP contribution in [-0.2, 0) is 19.1 Å². The van der Waals surface area contributed by atoms with Gasteiger partial charge in [0.05, 0.1) is 5.92 Å². The van der Waals surface area contributed by atoms with Crippen molar-refractivity contribution in [3.8, 4) is 11.1 Å². The van der Waals surface area contributed by atoms with E-state index < -0.39 is 24.1 Å². The van der Waals surface area contributed by atoms with Crippen LogP contribution in [-0.4, -0.2) is 66.9 Å². The van der Waals surface area contributed by atoms with Crippen LogP contribution in [0.3, 0.4) is 0 Å². The van der Waals surface area contributed by atoms with Gasteiger partial charge in [0.25, 0.3) is 5.91 Å². The second-order valence-electron chi connectivity index (χ2n) is 9.22. The van der Waals surface area contributed by atoms with E-state index in [1.165, 1.54) is 7.11 Å². The number of carbonyl (C=O) groups is 3. The van der Waals surface area contributed by atoms with Gasteiger partial charge in [0.2, 0.25) is 0 Å². The summed E-state index contributed by atoms with van der Waals surface area (Å²) in [5, 5.41) is 12.0. The minimum absolute atomic E-state index is 0.0239. The number of carboxylic acid groups (broad SMARTS) is 1. The Labute approximate surface area is 205 Å². The Balaban J connectivity index is 1.28. The Morgan fingerprint density at radius 2 is 1.69 bits per heavy atom. The quantitative estimate of drug-likeness (QED) is 0.598. The van der Waals surface area contributed by atoms with Crippen molar-refractivity contribution in [1.82, 2.24) is 10.2 Å². The Hall–Kier alpha value is -3.39. The molecule has 8 nitrogen and oxygen atoms in total. The Bertz CT molecular complexity index is 1040. The molecule has 0 spiro atoms. The molecule has 2 amide bonds. The van der Waals surface area contributed by atoms with Gasteiger partial charge in [-0.15, -0.1) is 0 Å². The number of nitrogens with one attached hydrogen (secondary N) is 1. The maximum atomic E-state index is 13.0. The van der Waals surface area contributed by atoms with Crippen molar-refractivity contribution in [2.75, 3.05) is 26.8 Å². The largest absolute Gasteiger partial charge is 0.481 e. The average molecular weight is 481 g/mol. The van der Waals surface area contributed by atoms with Crippen molar-refractivity contribution in [2.24, 2.45) is 5.92 Å². The molecule has 0 bridgehead atoms. The van der Waals surface area contributed by atoms with Crippen molar-refractivity contribution in [3.05, 3.63) is 59.7 Å². The molecule has 1 fully saturated rings. The number of carbonyl (C=O) groups excluding carboxylic acids is 2. The molecule has 1 aliphatic heterocycles.